The van der Waals surface area contributed by atoms with Crippen LogP contribution in [0.15, 0.2) is 18.2 Å². The second-order valence-corrected chi connectivity index (χ2v) is 4.27. The van der Waals surface area contributed by atoms with Crippen molar-refractivity contribution >= 4 is 12.9 Å². The van der Waals surface area contributed by atoms with E-state index in [-0.39, 0.29) is 25.1 Å². The second-order valence-electron chi connectivity index (χ2n) is 4.27. The minimum atomic E-state index is -4.83. The average Bonchev–Trinajstić information content (AvgIpc) is 2.23. The van der Waals surface area contributed by atoms with Gasteiger partial charge in [0.2, 0.25) is 0 Å². The van der Waals surface area contributed by atoms with Crippen LogP contribution in [0.2, 0.25) is 0 Å². The van der Waals surface area contributed by atoms with Crippen molar-refractivity contribution in [3.05, 3.63) is 29.3 Å². The second kappa shape index (κ2) is 5.44. The van der Waals surface area contributed by atoms with E-state index in [1.165, 1.54) is 0 Å². The molecule has 0 bridgehead atoms. The minimum absolute atomic E-state index is 0.0961. The van der Waals surface area contributed by atoms with Gasteiger partial charge in [0.15, 0.2) is 0 Å². The van der Waals surface area contributed by atoms with Crippen LogP contribution in [-0.2, 0) is 17.0 Å². The maximum absolute atomic E-state index is 12.5. The summed E-state index contributed by atoms with van der Waals surface area (Å²) >= 11 is 0. The van der Waals surface area contributed by atoms with Crippen LogP contribution in [0, 0.1) is 0 Å². The van der Waals surface area contributed by atoms with Crippen molar-refractivity contribution in [1.29, 1.82) is 0 Å². The summed E-state index contributed by atoms with van der Waals surface area (Å²) < 4.78 is 80.2. The normalized spacial score (nSPS) is 12.9. The van der Waals surface area contributed by atoms with E-state index in [0.717, 1.165) is 0 Å². The Bertz CT molecular complexity index is 406. The van der Waals surface area contributed by atoms with E-state index in [0.29, 0.717) is 12.1 Å². The number of benzene rings is 1. The highest BCUT2D eigenvalue weighted by atomic mass is 19.4. The lowest BCUT2D eigenvalue weighted by atomic mass is 9.85. The number of hydrogen-bond acceptors (Lipinski definition) is 1. The Hall–Kier alpha value is -1.18. The number of hydrogen-bond donors (Lipinski definition) is 0. The van der Waals surface area contributed by atoms with Gasteiger partial charge < -0.3 is 4.65 Å². The number of rotatable bonds is 3. The van der Waals surface area contributed by atoms with Crippen LogP contribution in [0.3, 0.4) is 0 Å². The first-order valence-corrected chi connectivity index (χ1v) is 5.40. The molecule has 0 atom stereocenters. The Morgan fingerprint density at radius 1 is 0.895 bits per heavy atom. The first-order valence-electron chi connectivity index (χ1n) is 5.40. The van der Waals surface area contributed by atoms with Crippen molar-refractivity contribution in [2.75, 3.05) is 0 Å². The van der Waals surface area contributed by atoms with Crippen LogP contribution < -0.4 is 5.46 Å². The molecule has 0 N–H and O–H groups in total. The molecule has 0 aliphatic rings. The molecule has 0 heterocycles. The monoisotopic (exact) mass is 284 g/mol. The lowest BCUT2D eigenvalue weighted by molar-refractivity contribution is -0.142. The van der Waals surface area contributed by atoms with Gasteiger partial charge in [0.05, 0.1) is 11.1 Å². The summed E-state index contributed by atoms with van der Waals surface area (Å²) in [6.45, 7) is 3.27. The van der Waals surface area contributed by atoms with Gasteiger partial charge in [-0.1, -0.05) is 17.6 Å². The third kappa shape index (κ3) is 4.78. The molecule has 106 valence electrons. The van der Waals surface area contributed by atoms with Crippen molar-refractivity contribution < 1.29 is 31.0 Å². The molecule has 0 amide bonds. The van der Waals surface area contributed by atoms with E-state index in [9.17, 15) is 26.3 Å². The van der Waals surface area contributed by atoms with Crippen molar-refractivity contribution in [2.45, 2.75) is 32.3 Å². The fourth-order valence-corrected chi connectivity index (χ4v) is 1.37. The maximum atomic E-state index is 12.5. The van der Waals surface area contributed by atoms with E-state index in [4.69, 9.17) is 4.65 Å². The summed E-state index contributed by atoms with van der Waals surface area (Å²) in [6, 6.07) is 1.42. The Balaban J connectivity index is 3.17. The van der Waals surface area contributed by atoms with Gasteiger partial charge in [0.25, 0.3) is 0 Å². The third-order valence-electron chi connectivity index (χ3n) is 2.23. The van der Waals surface area contributed by atoms with Gasteiger partial charge >= 0.3 is 19.8 Å². The van der Waals surface area contributed by atoms with E-state index in [2.05, 4.69) is 0 Å². The van der Waals surface area contributed by atoms with E-state index in [1.54, 1.807) is 13.8 Å². The van der Waals surface area contributed by atoms with E-state index >= 15 is 0 Å². The standard InChI is InChI=1S/C11H11BF6O/c1-6(2)19-12-9-4-7(10(13,14)15)3-8(5-9)11(16,17)18/h3-6,12H,1-2H3. The molecule has 0 spiro atoms. The molecule has 8 heteroatoms. The van der Waals surface area contributed by atoms with Crippen molar-refractivity contribution in [2.24, 2.45) is 0 Å². The van der Waals surface area contributed by atoms with Gasteiger partial charge in [0.1, 0.15) is 0 Å². The van der Waals surface area contributed by atoms with Crippen molar-refractivity contribution in [3.63, 3.8) is 0 Å². The highest BCUT2D eigenvalue weighted by molar-refractivity contribution is 6.47. The molecular weight excluding hydrogens is 273 g/mol. The molecule has 0 saturated carbocycles. The molecule has 1 aromatic rings. The first-order chi connectivity index (χ1) is 8.50. The van der Waals surface area contributed by atoms with Crippen molar-refractivity contribution in [3.8, 4) is 0 Å². The summed E-state index contributed by atoms with van der Waals surface area (Å²) in [5.41, 5.74) is -2.81. The van der Waals surface area contributed by atoms with Crippen LogP contribution in [0.1, 0.15) is 25.0 Å². The van der Waals surface area contributed by atoms with Gasteiger partial charge in [0, 0.05) is 6.10 Å². The number of halogens is 6. The maximum Gasteiger partial charge on any atom is 0.416 e. The van der Waals surface area contributed by atoms with E-state index < -0.39 is 23.5 Å². The zero-order chi connectivity index (χ0) is 14.8. The van der Waals surface area contributed by atoms with Gasteiger partial charge in [-0.25, -0.2) is 0 Å². The lowest BCUT2D eigenvalue weighted by Crippen LogP contribution is -2.25. The molecule has 1 nitrogen and oxygen atoms in total. The highest BCUT2D eigenvalue weighted by Gasteiger charge is 2.36. The van der Waals surface area contributed by atoms with Gasteiger partial charge in [-0.2, -0.15) is 26.3 Å². The minimum Gasteiger partial charge on any atom is -0.432 e. The molecule has 0 unspecified atom stereocenters. The van der Waals surface area contributed by atoms with Crippen LogP contribution in [0.4, 0.5) is 26.3 Å². The van der Waals surface area contributed by atoms with Gasteiger partial charge in [-0.15, -0.1) is 0 Å². The smallest absolute Gasteiger partial charge is 0.416 e. The van der Waals surface area contributed by atoms with Crippen LogP contribution in [0.5, 0.6) is 0 Å². The Kier molecular flexibility index (Phi) is 4.55. The molecule has 0 aliphatic heterocycles. The number of alkyl halides is 6. The molecule has 0 saturated heterocycles. The molecule has 0 radical (unpaired) electrons. The lowest BCUT2D eigenvalue weighted by Gasteiger charge is -2.14. The van der Waals surface area contributed by atoms with Crippen LogP contribution in [0.25, 0.3) is 0 Å². The zero-order valence-electron chi connectivity index (χ0n) is 10.2. The van der Waals surface area contributed by atoms with Crippen molar-refractivity contribution in [1.82, 2.24) is 0 Å². The summed E-state index contributed by atoms with van der Waals surface area (Å²) in [4.78, 5) is 0. The average molecular weight is 284 g/mol. The van der Waals surface area contributed by atoms with Crippen LogP contribution >= 0.6 is 0 Å². The first kappa shape index (κ1) is 15.9. The van der Waals surface area contributed by atoms with Gasteiger partial charge in [-0.05, 0) is 19.9 Å². The molecule has 0 aromatic heterocycles. The fourth-order valence-electron chi connectivity index (χ4n) is 1.37. The SMILES string of the molecule is CC(C)OBc1cc(C(F)(F)F)cc(C(F)(F)F)c1. The largest absolute Gasteiger partial charge is 0.432 e. The Morgan fingerprint density at radius 3 is 1.63 bits per heavy atom. The predicted molar refractivity (Wildman–Crippen MR) is 59.5 cm³/mol. The molecule has 1 rings (SSSR count). The molecule has 19 heavy (non-hydrogen) atoms. The molecule has 0 aliphatic carbocycles. The van der Waals surface area contributed by atoms with Crippen LogP contribution in [-0.4, -0.2) is 13.6 Å². The zero-order valence-corrected chi connectivity index (χ0v) is 10.2. The molecular formula is C11H11BF6O. The molecule has 1 aromatic carbocycles. The third-order valence-corrected chi connectivity index (χ3v) is 2.23. The Morgan fingerprint density at radius 2 is 1.32 bits per heavy atom. The summed E-state index contributed by atoms with van der Waals surface area (Å²) in [5.74, 6) is 0. The Labute approximate surface area is 106 Å². The summed E-state index contributed by atoms with van der Waals surface area (Å²) in [7, 11) is -0.301. The fraction of sp³-hybridized carbons (Fsp3) is 0.455. The highest BCUT2D eigenvalue weighted by Crippen LogP contribution is 2.34. The quantitative estimate of drug-likeness (QED) is 0.612. The predicted octanol–water partition coefficient (Wildman–Crippen LogP) is 3.13. The topological polar surface area (TPSA) is 9.23 Å². The van der Waals surface area contributed by atoms with Gasteiger partial charge in [-0.3, -0.25) is 0 Å². The summed E-state index contributed by atoms with van der Waals surface area (Å²) in [6.07, 6.45) is -9.94. The van der Waals surface area contributed by atoms with E-state index in [1.807, 2.05) is 0 Å². The molecule has 0 fully saturated rings. The summed E-state index contributed by atoms with van der Waals surface area (Å²) in [5, 5.41) is 0.